The maximum absolute atomic E-state index is 5.58. The van der Waals surface area contributed by atoms with Crippen LogP contribution in [0.3, 0.4) is 0 Å². The van der Waals surface area contributed by atoms with Crippen LogP contribution in [0.15, 0.2) is 23.4 Å². The zero-order valence-corrected chi connectivity index (χ0v) is 13.0. The topological polar surface area (TPSA) is 59.2 Å². The smallest absolute Gasteiger partial charge is 0.166 e. The molecule has 21 heavy (non-hydrogen) atoms. The number of nitrogens with one attached hydrogen (secondary N) is 2. The van der Waals surface area contributed by atoms with Crippen LogP contribution in [0.4, 0.5) is 0 Å². The number of benzene rings is 1. The summed E-state index contributed by atoms with van der Waals surface area (Å²) >= 11 is 1.73. The zero-order valence-electron chi connectivity index (χ0n) is 12.2. The molecule has 2 heterocycles. The summed E-state index contributed by atoms with van der Waals surface area (Å²) in [6, 6.07) is 5.88. The molecule has 1 unspecified atom stereocenters. The first-order chi connectivity index (χ1) is 10.3. The molecule has 0 spiro atoms. The van der Waals surface area contributed by atoms with Gasteiger partial charge in [-0.1, -0.05) is 11.8 Å². The molecule has 1 aromatic carbocycles. The normalized spacial score (nSPS) is 18.4. The van der Waals surface area contributed by atoms with Gasteiger partial charge < -0.3 is 19.8 Å². The van der Waals surface area contributed by atoms with Gasteiger partial charge in [-0.05, 0) is 25.0 Å². The van der Waals surface area contributed by atoms with E-state index in [-0.39, 0.29) is 0 Å². The number of ether oxygens (including phenoxy) is 2. The van der Waals surface area contributed by atoms with Crippen LogP contribution >= 0.6 is 11.8 Å². The number of nitrogens with zero attached hydrogens (tertiary/aromatic N) is 1. The van der Waals surface area contributed by atoms with E-state index in [1.165, 1.54) is 12.8 Å². The lowest BCUT2D eigenvalue weighted by Crippen LogP contribution is -2.27. The summed E-state index contributed by atoms with van der Waals surface area (Å²) in [4.78, 5) is 7.88. The summed E-state index contributed by atoms with van der Waals surface area (Å²) in [7, 11) is 1.67. The largest absolute Gasteiger partial charge is 0.497 e. The number of aromatic amines is 1. The van der Waals surface area contributed by atoms with Crippen molar-refractivity contribution in [2.24, 2.45) is 0 Å². The Kier molecular flexibility index (Phi) is 5.00. The predicted molar refractivity (Wildman–Crippen MR) is 85.2 cm³/mol. The molecule has 0 radical (unpaired) electrons. The van der Waals surface area contributed by atoms with Crippen molar-refractivity contribution in [1.82, 2.24) is 15.3 Å². The number of imidazole rings is 1. The third kappa shape index (κ3) is 3.90. The third-order valence-corrected chi connectivity index (χ3v) is 4.46. The Morgan fingerprint density at radius 1 is 1.52 bits per heavy atom. The van der Waals surface area contributed by atoms with Crippen LogP contribution in [0.25, 0.3) is 11.0 Å². The fraction of sp³-hybridized carbons (Fsp3) is 0.533. The zero-order chi connectivity index (χ0) is 14.5. The number of H-pyrrole nitrogens is 1. The lowest BCUT2D eigenvalue weighted by atomic mass is 10.2. The van der Waals surface area contributed by atoms with Crippen molar-refractivity contribution < 1.29 is 9.47 Å². The van der Waals surface area contributed by atoms with Crippen LogP contribution in [0.1, 0.15) is 12.8 Å². The van der Waals surface area contributed by atoms with Crippen molar-refractivity contribution in [1.29, 1.82) is 0 Å². The first-order valence-corrected chi connectivity index (χ1v) is 8.32. The van der Waals surface area contributed by atoms with Gasteiger partial charge in [-0.15, -0.1) is 0 Å². The summed E-state index contributed by atoms with van der Waals surface area (Å²) in [6.07, 6.45) is 2.79. The molecule has 3 rings (SSSR count). The van der Waals surface area contributed by atoms with Crippen LogP contribution in [0.5, 0.6) is 5.75 Å². The minimum absolute atomic E-state index is 0.411. The van der Waals surface area contributed by atoms with Crippen molar-refractivity contribution in [3.05, 3.63) is 18.2 Å². The average molecular weight is 307 g/mol. The fourth-order valence-corrected chi connectivity index (χ4v) is 3.23. The second-order valence-electron chi connectivity index (χ2n) is 5.11. The summed E-state index contributed by atoms with van der Waals surface area (Å²) in [5.41, 5.74) is 2.00. The number of hydrogen-bond acceptors (Lipinski definition) is 5. The maximum atomic E-state index is 5.58. The van der Waals surface area contributed by atoms with E-state index in [0.717, 1.165) is 47.4 Å². The standard InChI is InChI=1S/C15H21N3O2S/c1-19-11-4-5-13-14(9-11)18-15(17-13)21-8-6-16-10-12-3-2-7-20-12/h4-5,9,12,16H,2-3,6-8,10H2,1H3,(H,17,18). The average Bonchev–Trinajstić information content (AvgIpc) is 3.14. The Hall–Kier alpha value is -1.24. The molecule has 2 aromatic rings. The van der Waals surface area contributed by atoms with Gasteiger partial charge in [-0.3, -0.25) is 0 Å². The molecule has 1 aromatic heterocycles. The number of fused-ring (bicyclic) bond motifs is 1. The SMILES string of the molecule is COc1ccc2nc(SCCNCC3CCCO3)[nH]c2c1. The van der Waals surface area contributed by atoms with E-state index < -0.39 is 0 Å². The van der Waals surface area contributed by atoms with Gasteiger partial charge in [-0.2, -0.15) is 0 Å². The Morgan fingerprint density at radius 3 is 3.29 bits per heavy atom. The maximum Gasteiger partial charge on any atom is 0.166 e. The molecule has 1 atom stereocenters. The van der Waals surface area contributed by atoms with Gasteiger partial charge in [0.25, 0.3) is 0 Å². The Balaban J connectivity index is 1.44. The Bertz CT molecular complexity index is 581. The molecule has 1 aliphatic heterocycles. The quantitative estimate of drug-likeness (QED) is 0.608. The molecule has 0 amide bonds. The summed E-state index contributed by atoms with van der Waals surface area (Å²) in [6.45, 7) is 2.84. The lowest BCUT2D eigenvalue weighted by Gasteiger charge is -2.09. The van der Waals surface area contributed by atoms with Gasteiger partial charge in [0.05, 0.1) is 24.2 Å². The Labute approximate surface area is 128 Å². The number of rotatable bonds is 7. The second-order valence-corrected chi connectivity index (χ2v) is 6.20. The Morgan fingerprint density at radius 2 is 2.48 bits per heavy atom. The molecular weight excluding hydrogens is 286 g/mol. The molecule has 0 bridgehead atoms. The molecular formula is C15H21N3O2S. The van der Waals surface area contributed by atoms with Gasteiger partial charge in [0.15, 0.2) is 5.16 Å². The van der Waals surface area contributed by atoms with E-state index in [2.05, 4.69) is 15.3 Å². The summed E-state index contributed by atoms with van der Waals surface area (Å²) < 4.78 is 10.8. The first-order valence-electron chi connectivity index (χ1n) is 7.34. The number of aromatic nitrogens is 2. The van der Waals surface area contributed by atoms with Gasteiger partial charge in [0.1, 0.15) is 5.75 Å². The highest BCUT2D eigenvalue weighted by molar-refractivity contribution is 7.99. The molecule has 0 aliphatic carbocycles. The third-order valence-electron chi connectivity index (χ3n) is 3.58. The fourth-order valence-electron chi connectivity index (χ4n) is 2.45. The van der Waals surface area contributed by atoms with Crippen LogP contribution in [0.2, 0.25) is 0 Å². The van der Waals surface area contributed by atoms with Crippen molar-refractivity contribution in [2.45, 2.75) is 24.1 Å². The number of hydrogen-bond donors (Lipinski definition) is 2. The van der Waals surface area contributed by atoms with Crippen molar-refractivity contribution in [3.63, 3.8) is 0 Å². The van der Waals surface area contributed by atoms with E-state index in [0.29, 0.717) is 6.10 Å². The molecule has 6 heteroatoms. The van der Waals surface area contributed by atoms with E-state index in [1.54, 1.807) is 18.9 Å². The van der Waals surface area contributed by atoms with Crippen molar-refractivity contribution in [3.8, 4) is 5.75 Å². The lowest BCUT2D eigenvalue weighted by molar-refractivity contribution is 0.110. The van der Waals surface area contributed by atoms with Gasteiger partial charge in [-0.25, -0.2) is 4.98 Å². The predicted octanol–water partition coefficient (Wildman–Crippen LogP) is 2.43. The molecule has 1 saturated heterocycles. The highest BCUT2D eigenvalue weighted by atomic mass is 32.2. The molecule has 2 N–H and O–H groups in total. The molecule has 5 nitrogen and oxygen atoms in total. The first kappa shape index (κ1) is 14.7. The number of methoxy groups -OCH3 is 1. The van der Waals surface area contributed by atoms with Crippen LogP contribution < -0.4 is 10.1 Å². The molecule has 0 saturated carbocycles. The summed E-state index contributed by atoms with van der Waals surface area (Å²) in [5, 5.41) is 4.40. The monoisotopic (exact) mass is 307 g/mol. The second kappa shape index (κ2) is 7.15. The van der Waals surface area contributed by atoms with E-state index >= 15 is 0 Å². The van der Waals surface area contributed by atoms with Gasteiger partial charge in [0, 0.05) is 31.5 Å². The van der Waals surface area contributed by atoms with Crippen LogP contribution in [0, 0.1) is 0 Å². The van der Waals surface area contributed by atoms with Crippen molar-refractivity contribution >= 4 is 22.8 Å². The van der Waals surface area contributed by atoms with Gasteiger partial charge >= 0.3 is 0 Å². The van der Waals surface area contributed by atoms with Crippen LogP contribution in [-0.2, 0) is 4.74 Å². The minimum atomic E-state index is 0.411. The van der Waals surface area contributed by atoms with E-state index in [4.69, 9.17) is 9.47 Å². The molecule has 114 valence electrons. The van der Waals surface area contributed by atoms with Crippen molar-refractivity contribution in [2.75, 3.05) is 32.6 Å². The van der Waals surface area contributed by atoms with E-state index in [9.17, 15) is 0 Å². The molecule has 1 fully saturated rings. The van der Waals surface area contributed by atoms with Crippen LogP contribution in [-0.4, -0.2) is 48.6 Å². The number of thioether (sulfide) groups is 1. The van der Waals surface area contributed by atoms with Gasteiger partial charge in [0.2, 0.25) is 0 Å². The molecule has 1 aliphatic rings. The van der Waals surface area contributed by atoms with E-state index in [1.807, 2.05) is 18.2 Å². The highest BCUT2D eigenvalue weighted by Gasteiger charge is 2.14. The highest BCUT2D eigenvalue weighted by Crippen LogP contribution is 2.22. The minimum Gasteiger partial charge on any atom is -0.497 e. The summed E-state index contributed by atoms with van der Waals surface area (Å²) in [5.74, 6) is 1.84.